The van der Waals surface area contributed by atoms with Crippen molar-refractivity contribution in [1.29, 1.82) is 0 Å². The fourth-order valence-corrected chi connectivity index (χ4v) is 2.19. The van der Waals surface area contributed by atoms with E-state index in [1.807, 2.05) is 18.2 Å². The van der Waals surface area contributed by atoms with Gasteiger partial charge in [-0.25, -0.2) is 4.98 Å². The predicted molar refractivity (Wildman–Crippen MR) is 91.4 cm³/mol. The summed E-state index contributed by atoms with van der Waals surface area (Å²) in [7, 11) is 0. The quantitative estimate of drug-likeness (QED) is 0.698. The van der Waals surface area contributed by atoms with E-state index in [0.717, 1.165) is 23.3 Å². The number of rotatable bonds is 9. The molecule has 0 aliphatic carbocycles. The molecule has 23 heavy (non-hydrogen) atoms. The number of benzene rings is 1. The normalized spacial score (nSPS) is 10.3. The highest BCUT2D eigenvalue weighted by molar-refractivity contribution is 5.38. The number of nitrogens with one attached hydrogen (secondary N) is 2. The Morgan fingerprint density at radius 2 is 2.09 bits per heavy atom. The van der Waals surface area contributed by atoms with Crippen LogP contribution in [0, 0.1) is 0 Å². The molecule has 2 aromatic rings. The topological polar surface area (TPSA) is 67.0 Å². The van der Waals surface area contributed by atoms with Crippen molar-refractivity contribution in [3.05, 3.63) is 83.1 Å². The standard InChI is InChI=1S/C18H21N3O2/c1-3-5-15-9-14(6-7-17(15)23-8-4-2)11-19-12-16-10-18(22)21-13-20-16/h3-4,6-7,9-10,13,19H,1-2,5,8,11-12H2,(H,20,21,22). The molecule has 0 fully saturated rings. The second-order valence-electron chi connectivity index (χ2n) is 5.04. The van der Waals surface area contributed by atoms with E-state index in [1.165, 1.54) is 12.4 Å². The first kappa shape index (κ1) is 16.7. The van der Waals surface area contributed by atoms with Crippen LogP contribution < -0.4 is 15.6 Å². The Labute approximate surface area is 135 Å². The summed E-state index contributed by atoms with van der Waals surface area (Å²) in [5.74, 6) is 0.852. The number of hydrogen-bond donors (Lipinski definition) is 2. The summed E-state index contributed by atoms with van der Waals surface area (Å²) in [5.41, 5.74) is 2.80. The predicted octanol–water partition coefficient (Wildman–Crippen LogP) is 2.35. The minimum absolute atomic E-state index is 0.145. The molecule has 2 rings (SSSR count). The molecule has 0 saturated carbocycles. The van der Waals surface area contributed by atoms with Crippen molar-refractivity contribution in [2.24, 2.45) is 0 Å². The summed E-state index contributed by atoms with van der Waals surface area (Å²) in [6, 6.07) is 7.56. The summed E-state index contributed by atoms with van der Waals surface area (Å²) >= 11 is 0. The van der Waals surface area contributed by atoms with Gasteiger partial charge in [0.15, 0.2) is 0 Å². The molecular formula is C18H21N3O2. The second kappa shape index (κ2) is 8.70. The molecule has 1 aromatic heterocycles. The van der Waals surface area contributed by atoms with E-state index in [9.17, 15) is 4.79 Å². The molecule has 0 amide bonds. The van der Waals surface area contributed by atoms with Crippen LogP contribution in [-0.2, 0) is 19.5 Å². The third kappa shape index (κ3) is 5.23. The van der Waals surface area contributed by atoms with Crippen LogP contribution >= 0.6 is 0 Å². The number of ether oxygens (including phenoxy) is 1. The van der Waals surface area contributed by atoms with Crippen molar-refractivity contribution < 1.29 is 4.74 Å². The van der Waals surface area contributed by atoms with E-state index in [4.69, 9.17) is 4.74 Å². The van der Waals surface area contributed by atoms with Gasteiger partial charge in [-0.3, -0.25) is 4.79 Å². The Hall–Kier alpha value is -2.66. The molecule has 1 aromatic carbocycles. The lowest BCUT2D eigenvalue weighted by Gasteiger charge is -2.11. The zero-order valence-electron chi connectivity index (χ0n) is 13.0. The lowest BCUT2D eigenvalue weighted by atomic mass is 10.1. The molecule has 1 heterocycles. The third-order valence-electron chi connectivity index (χ3n) is 3.22. The van der Waals surface area contributed by atoms with Gasteiger partial charge in [-0.05, 0) is 23.6 Å². The number of H-pyrrole nitrogens is 1. The van der Waals surface area contributed by atoms with Crippen molar-refractivity contribution in [2.45, 2.75) is 19.5 Å². The average Bonchev–Trinajstić information content (AvgIpc) is 2.54. The van der Waals surface area contributed by atoms with Crippen LogP contribution in [-0.4, -0.2) is 16.6 Å². The largest absolute Gasteiger partial charge is 0.489 e. The molecular weight excluding hydrogens is 290 g/mol. The van der Waals surface area contributed by atoms with Crippen molar-refractivity contribution >= 4 is 0 Å². The molecule has 0 spiro atoms. The Kier molecular flexibility index (Phi) is 6.32. The maximum Gasteiger partial charge on any atom is 0.250 e. The van der Waals surface area contributed by atoms with Gasteiger partial charge < -0.3 is 15.0 Å². The van der Waals surface area contributed by atoms with Crippen LogP contribution in [0.2, 0.25) is 0 Å². The van der Waals surface area contributed by atoms with Crippen molar-refractivity contribution in [2.75, 3.05) is 6.61 Å². The van der Waals surface area contributed by atoms with Crippen LogP contribution in [0.5, 0.6) is 5.75 Å². The van der Waals surface area contributed by atoms with Crippen LogP contribution in [0.4, 0.5) is 0 Å². The van der Waals surface area contributed by atoms with Gasteiger partial charge in [-0.2, -0.15) is 0 Å². The van der Waals surface area contributed by atoms with Crippen LogP contribution in [0.15, 0.2) is 60.7 Å². The number of nitrogens with zero attached hydrogens (tertiary/aromatic N) is 1. The Morgan fingerprint density at radius 1 is 1.22 bits per heavy atom. The van der Waals surface area contributed by atoms with Crippen LogP contribution in [0.1, 0.15) is 16.8 Å². The lowest BCUT2D eigenvalue weighted by molar-refractivity contribution is 0.359. The van der Waals surface area contributed by atoms with Gasteiger partial charge in [-0.15, -0.1) is 6.58 Å². The van der Waals surface area contributed by atoms with Gasteiger partial charge in [0.05, 0.1) is 12.0 Å². The highest BCUT2D eigenvalue weighted by atomic mass is 16.5. The van der Waals surface area contributed by atoms with Gasteiger partial charge in [0.25, 0.3) is 5.56 Å². The van der Waals surface area contributed by atoms with E-state index in [-0.39, 0.29) is 5.56 Å². The fraction of sp³-hybridized carbons (Fsp3) is 0.222. The highest BCUT2D eigenvalue weighted by Crippen LogP contribution is 2.21. The average molecular weight is 311 g/mol. The number of aromatic amines is 1. The summed E-state index contributed by atoms with van der Waals surface area (Å²) in [6.07, 6.45) is 5.73. The minimum Gasteiger partial charge on any atom is -0.489 e. The lowest BCUT2D eigenvalue weighted by Crippen LogP contribution is -2.16. The smallest absolute Gasteiger partial charge is 0.250 e. The molecule has 0 saturated heterocycles. The van der Waals surface area contributed by atoms with E-state index in [2.05, 4.69) is 34.5 Å². The molecule has 0 unspecified atom stereocenters. The fourth-order valence-electron chi connectivity index (χ4n) is 2.19. The first-order chi connectivity index (χ1) is 11.2. The Bertz CT molecular complexity index is 722. The van der Waals surface area contributed by atoms with Crippen LogP contribution in [0.25, 0.3) is 0 Å². The van der Waals surface area contributed by atoms with Crippen LogP contribution in [0.3, 0.4) is 0 Å². The number of allylic oxidation sites excluding steroid dienone is 1. The molecule has 5 heteroatoms. The Balaban J connectivity index is 1.99. The van der Waals surface area contributed by atoms with E-state index in [1.54, 1.807) is 6.08 Å². The SMILES string of the molecule is C=CCOc1ccc(CNCc2cc(=O)[nH]cn2)cc1CC=C. The van der Waals surface area contributed by atoms with Crippen molar-refractivity contribution in [3.8, 4) is 5.75 Å². The summed E-state index contributed by atoms with van der Waals surface area (Å²) in [5, 5.41) is 3.28. The van der Waals surface area contributed by atoms with Gasteiger partial charge in [0, 0.05) is 19.2 Å². The molecule has 0 atom stereocenters. The zero-order valence-corrected chi connectivity index (χ0v) is 13.0. The molecule has 5 nitrogen and oxygen atoms in total. The number of aromatic nitrogens is 2. The number of hydrogen-bond acceptors (Lipinski definition) is 4. The molecule has 0 aliphatic heterocycles. The summed E-state index contributed by atoms with van der Waals surface area (Å²) in [4.78, 5) is 17.8. The summed E-state index contributed by atoms with van der Waals surface area (Å²) < 4.78 is 5.65. The highest BCUT2D eigenvalue weighted by Gasteiger charge is 2.04. The Morgan fingerprint density at radius 3 is 2.83 bits per heavy atom. The first-order valence-electron chi connectivity index (χ1n) is 7.43. The molecule has 120 valence electrons. The van der Waals surface area contributed by atoms with E-state index < -0.39 is 0 Å². The van der Waals surface area contributed by atoms with Crippen molar-refractivity contribution in [3.63, 3.8) is 0 Å². The first-order valence-corrected chi connectivity index (χ1v) is 7.43. The molecule has 0 aliphatic rings. The minimum atomic E-state index is -0.145. The summed E-state index contributed by atoms with van der Waals surface area (Å²) in [6.45, 7) is 9.14. The maximum atomic E-state index is 11.2. The van der Waals surface area contributed by atoms with E-state index >= 15 is 0 Å². The maximum absolute atomic E-state index is 11.2. The molecule has 0 radical (unpaired) electrons. The monoisotopic (exact) mass is 311 g/mol. The van der Waals surface area contributed by atoms with E-state index in [0.29, 0.717) is 25.4 Å². The second-order valence-corrected chi connectivity index (χ2v) is 5.04. The zero-order chi connectivity index (χ0) is 16.5. The van der Waals surface area contributed by atoms with Gasteiger partial charge in [0.2, 0.25) is 0 Å². The van der Waals surface area contributed by atoms with Gasteiger partial charge in [-0.1, -0.05) is 30.9 Å². The third-order valence-corrected chi connectivity index (χ3v) is 3.22. The molecule has 2 N–H and O–H groups in total. The van der Waals surface area contributed by atoms with Gasteiger partial charge in [0.1, 0.15) is 12.4 Å². The molecule has 0 bridgehead atoms. The van der Waals surface area contributed by atoms with Gasteiger partial charge >= 0.3 is 0 Å². The van der Waals surface area contributed by atoms with Crippen molar-refractivity contribution in [1.82, 2.24) is 15.3 Å².